The van der Waals surface area contributed by atoms with Gasteiger partial charge in [0.1, 0.15) is 10.8 Å². The number of hydrogen-bond acceptors (Lipinski definition) is 5. The van der Waals surface area contributed by atoms with E-state index in [0.717, 1.165) is 42.0 Å². The lowest BCUT2D eigenvalue weighted by Gasteiger charge is -2.29. The molecule has 1 saturated heterocycles. The van der Waals surface area contributed by atoms with Crippen molar-refractivity contribution in [3.05, 3.63) is 45.4 Å². The Balaban J connectivity index is 1.32. The van der Waals surface area contributed by atoms with Gasteiger partial charge in [-0.2, -0.15) is 0 Å². The molecular weight excluding hydrogens is 398 g/mol. The molecule has 1 aliphatic carbocycles. The summed E-state index contributed by atoms with van der Waals surface area (Å²) >= 11 is 1.73. The SMILES string of the molecule is COc1ccc(C[C@]2(CCC(=O)NCc3nc4c(s3)CCCC4)CCC(=O)N2)cc1. The first-order valence-electron chi connectivity index (χ1n) is 10.7. The number of aryl methyl sites for hydroxylation is 2. The Morgan fingerprint density at radius 3 is 2.73 bits per heavy atom. The van der Waals surface area contributed by atoms with Crippen molar-refractivity contribution in [3.63, 3.8) is 0 Å². The Morgan fingerprint density at radius 2 is 2.03 bits per heavy atom. The number of carbonyl (C=O) groups excluding carboxylic acids is 2. The van der Waals surface area contributed by atoms with E-state index in [9.17, 15) is 9.59 Å². The first-order chi connectivity index (χ1) is 14.5. The zero-order valence-corrected chi connectivity index (χ0v) is 18.3. The van der Waals surface area contributed by atoms with Gasteiger partial charge in [0.05, 0.1) is 19.3 Å². The predicted octanol–water partition coefficient (Wildman–Crippen LogP) is 3.32. The van der Waals surface area contributed by atoms with Gasteiger partial charge in [0, 0.05) is 23.3 Å². The molecule has 0 spiro atoms. The minimum atomic E-state index is -0.358. The largest absolute Gasteiger partial charge is 0.497 e. The van der Waals surface area contributed by atoms with E-state index in [2.05, 4.69) is 10.6 Å². The van der Waals surface area contributed by atoms with Gasteiger partial charge in [0.25, 0.3) is 0 Å². The standard InChI is InChI=1S/C23H29N3O3S/c1-29-17-8-6-16(7-9-17)14-23(13-11-21(28)26-23)12-10-20(27)24-15-22-25-18-4-2-3-5-19(18)30-22/h6-9H,2-5,10-15H2,1H3,(H,24,27)(H,26,28)/t23-/m0/s1. The van der Waals surface area contributed by atoms with Crippen molar-refractivity contribution in [2.45, 2.75) is 69.9 Å². The number of methoxy groups -OCH3 is 1. The zero-order chi connectivity index (χ0) is 21.0. The summed E-state index contributed by atoms with van der Waals surface area (Å²) < 4.78 is 5.22. The average molecular weight is 428 g/mol. The van der Waals surface area contributed by atoms with Crippen LogP contribution in [0.2, 0.25) is 0 Å². The zero-order valence-electron chi connectivity index (χ0n) is 17.5. The van der Waals surface area contributed by atoms with Crippen LogP contribution in [0.15, 0.2) is 24.3 Å². The molecule has 0 unspecified atom stereocenters. The molecule has 2 heterocycles. The highest BCUT2D eigenvalue weighted by Gasteiger charge is 2.37. The molecule has 0 saturated carbocycles. The summed E-state index contributed by atoms with van der Waals surface area (Å²) in [5.41, 5.74) is 2.00. The van der Waals surface area contributed by atoms with Crippen molar-refractivity contribution < 1.29 is 14.3 Å². The Labute approximate surface area is 181 Å². The maximum absolute atomic E-state index is 12.5. The van der Waals surface area contributed by atoms with E-state index in [1.54, 1.807) is 18.4 Å². The predicted molar refractivity (Wildman–Crippen MR) is 117 cm³/mol. The number of ether oxygens (including phenoxy) is 1. The van der Waals surface area contributed by atoms with Crippen LogP contribution in [0.5, 0.6) is 5.75 Å². The van der Waals surface area contributed by atoms with E-state index in [1.165, 1.54) is 23.4 Å². The minimum Gasteiger partial charge on any atom is -0.497 e. The Morgan fingerprint density at radius 1 is 1.23 bits per heavy atom. The average Bonchev–Trinajstić information content (AvgIpc) is 3.34. The molecule has 1 aromatic carbocycles. The highest BCUT2D eigenvalue weighted by Crippen LogP contribution is 2.30. The van der Waals surface area contributed by atoms with Crippen molar-refractivity contribution in [3.8, 4) is 5.75 Å². The lowest BCUT2D eigenvalue weighted by atomic mass is 9.85. The van der Waals surface area contributed by atoms with Crippen LogP contribution in [0.25, 0.3) is 0 Å². The van der Waals surface area contributed by atoms with Crippen molar-refractivity contribution in [1.82, 2.24) is 15.6 Å². The van der Waals surface area contributed by atoms with E-state index in [-0.39, 0.29) is 17.4 Å². The van der Waals surface area contributed by atoms with E-state index in [4.69, 9.17) is 9.72 Å². The fourth-order valence-corrected chi connectivity index (χ4v) is 5.51. The molecule has 0 radical (unpaired) electrons. The lowest BCUT2D eigenvalue weighted by Crippen LogP contribution is -2.44. The van der Waals surface area contributed by atoms with Crippen LogP contribution in [0.3, 0.4) is 0 Å². The molecule has 6 nitrogen and oxygen atoms in total. The van der Waals surface area contributed by atoms with Crippen LogP contribution in [0, 0.1) is 0 Å². The Kier molecular flexibility index (Phi) is 6.37. The summed E-state index contributed by atoms with van der Waals surface area (Å²) in [5.74, 6) is 0.891. The summed E-state index contributed by atoms with van der Waals surface area (Å²) in [6, 6.07) is 7.91. The van der Waals surface area contributed by atoms with Gasteiger partial charge < -0.3 is 15.4 Å². The van der Waals surface area contributed by atoms with Crippen LogP contribution < -0.4 is 15.4 Å². The van der Waals surface area contributed by atoms with Crippen molar-refractivity contribution in [1.29, 1.82) is 0 Å². The van der Waals surface area contributed by atoms with E-state index in [1.807, 2.05) is 24.3 Å². The number of thiazole rings is 1. The van der Waals surface area contributed by atoms with Gasteiger partial charge in [-0.1, -0.05) is 12.1 Å². The van der Waals surface area contributed by atoms with Gasteiger partial charge in [-0.05, 0) is 62.6 Å². The monoisotopic (exact) mass is 427 g/mol. The van der Waals surface area contributed by atoms with Gasteiger partial charge in [-0.15, -0.1) is 11.3 Å². The molecule has 160 valence electrons. The van der Waals surface area contributed by atoms with E-state index >= 15 is 0 Å². The number of hydrogen-bond donors (Lipinski definition) is 2. The van der Waals surface area contributed by atoms with Crippen LogP contribution in [-0.2, 0) is 35.4 Å². The van der Waals surface area contributed by atoms with Crippen molar-refractivity contribution in [2.75, 3.05) is 7.11 Å². The summed E-state index contributed by atoms with van der Waals surface area (Å²) in [4.78, 5) is 30.6. The second-order valence-corrected chi connectivity index (χ2v) is 9.48. The van der Waals surface area contributed by atoms with Crippen molar-refractivity contribution >= 4 is 23.2 Å². The fourth-order valence-electron chi connectivity index (χ4n) is 4.41. The third kappa shape index (κ3) is 5.01. The highest BCUT2D eigenvalue weighted by molar-refractivity contribution is 7.11. The van der Waals surface area contributed by atoms with Gasteiger partial charge in [0.2, 0.25) is 11.8 Å². The summed E-state index contributed by atoms with van der Waals surface area (Å²) in [5, 5.41) is 7.16. The quantitative estimate of drug-likeness (QED) is 0.677. The molecule has 2 N–H and O–H groups in total. The first-order valence-corrected chi connectivity index (χ1v) is 11.5. The molecule has 30 heavy (non-hydrogen) atoms. The third-order valence-electron chi connectivity index (χ3n) is 6.09. The number of benzene rings is 1. The van der Waals surface area contributed by atoms with Crippen LogP contribution in [0.1, 0.15) is 59.7 Å². The lowest BCUT2D eigenvalue weighted by molar-refractivity contribution is -0.122. The first kappa shape index (κ1) is 20.8. The Hall–Kier alpha value is -2.41. The number of nitrogens with zero attached hydrogens (tertiary/aromatic N) is 1. The molecule has 2 aliphatic rings. The molecular formula is C23H29N3O3S. The van der Waals surface area contributed by atoms with Crippen LogP contribution >= 0.6 is 11.3 Å². The molecule has 2 amide bonds. The number of amides is 2. The van der Waals surface area contributed by atoms with Crippen LogP contribution in [-0.4, -0.2) is 29.4 Å². The number of nitrogens with one attached hydrogen (secondary N) is 2. The number of fused-ring (bicyclic) bond motifs is 1. The highest BCUT2D eigenvalue weighted by atomic mass is 32.1. The topological polar surface area (TPSA) is 80.3 Å². The molecule has 0 bridgehead atoms. The molecule has 7 heteroatoms. The third-order valence-corrected chi connectivity index (χ3v) is 7.25. The maximum Gasteiger partial charge on any atom is 0.220 e. The number of rotatable bonds is 8. The molecule has 2 aromatic rings. The molecule has 1 aromatic heterocycles. The molecule has 1 fully saturated rings. The van der Waals surface area contributed by atoms with Gasteiger partial charge >= 0.3 is 0 Å². The number of carbonyl (C=O) groups is 2. The number of aromatic nitrogens is 1. The van der Waals surface area contributed by atoms with Gasteiger partial charge in [0.15, 0.2) is 0 Å². The molecule has 4 rings (SSSR count). The molecule has 1 aliphatic heterocycles. The van der Waals surface area contributed by atoms with E-state index < -0.39 is 0 Å². The minimum absolute atomic E-state index is 0.0124. The van der Waals surface area contributed by atoms with Crippen molar-refractivity contribution in [2.24, 2.45) is 0 Å². The smallest absolute Gasteiger partial charge is 0.220 e. The Bertz CT molecular complexity index is 885. The second-order valence-electron chi connectivity index (χ2n) is 8.31. The second kappa shape index (κ2) is 9.16. The summed E-state index contributed by atoms with van der Waals surface area (Å²) in [6.07, 6.45) is 7.64. The van der Waals surface area contributed by atoms with Crippen LogP contribution in [0.4, 0.5) is 0 Å². The maximum atomic E-state index is 12.5. The van der Waals surface area contributed by atoms with Gasteiger partial charge in [-0.25, -0.2) is 4.98 Å². The summed E-state index contributed by atoms with van der Waals surface area (Å²) in [7, 11) is 1.65. The fraction of sp³-hybridized carbons (Fsp3) is 0.522. The molecule has 1 atom stereocenters. The summed E-state index contributed by atoms with van der Waals surface area (Å²) in [6.45, 7) is 0.494. The normalized spacial score (nSPS) is 20.5. The van der Waals surface area contributed by atoms with Gasteiger partial charge in [-0.3, -0.25) is 9.59 Å². The van der Waals surface area contributed by atoms with E-state index in [0.29, 0.717) is 25.8 Å².